The van der Waals surface area contributed by atoms with Crippen LogP contribution in [0.2, 0.25) is 0 Å². The summed E-state index contributed by atoms with van der Waals surface area (Å²) in [6, 6.07) is 0. The summed E-state index contributed by atoms with van der Waals surface area (Å²) in [6.07, 6.45) is 17.6. The van der Waals surface area contributed by atoms with E-state index in [2.05, 4.69) is 11.1 Å². The Morgan fingerprint density at radius 3 is 1.15 bits per heavy atom. The molecule has 0 bridgehead atoms. The van der Waals surface area contributed by atoms with Crippen LogP contribution in [0.4, 0.5) is 0 Å². The van der Waals surface area contributed by atoms with Crippen LogP contribution in [0, 0.1) is 0 Å². The third-order valence-corrected chi connectivity index (χ3v) is 5.42. The van der Waals surface area contributed by atoms with Crippen LogP contribution >= 0.6 is 0 Å². The van der Waals surface area contributed by atoms with E-state index in [-0.39, 0.29) is 42.8 Å². The maximum absolute atomic E-state index is 10.2. The number of rotatable bonds is 27. The summed E-state index contributed by atoms with van der Waals surface area (Å²) in [5, 5.41) is 0. The van der Waals surface area contributed by atoms with Crippen LogP contribution in [0.5, 0.6) is 0 Å². The van der Waals surface area contributed by atoms with Gasteiger partial charge in [-0.2, -0.15) is 0 Å². The molecule has 0 aliphatic heterocycles. The van der Waals surface area contributed by atoms with Gasteiger partial charge in [0.1, 0.15) is 0 Å². The molecular formula is C23H47NaO8S. The third-order valence-electron chi connectivity index (χ3n) is 4.96. The zero-order valence-electron chi connectivity index (χ0n) is 21.2. The van der Waals surface area contributed by atoms with Gasteiger partial charge in [0, 0.05) is 6.61 Å². The molecule has 0 aromatic heterocycles. The molecule has 0 aliphatic rings. The standard InChI is InChI=1S/C23H48O8S.Na/c1-2-3-4-5-6-7-8-9-10-11-12-13-14-15-27-16-17-28-18-19-29-20-21-30-22-23-31-32(24,25)26;/h2-23H2,1H3,(H,24,25,26);/q;+1/p-1. The fraction of sp³-hybridized carbons (Fsp3) is 1.00. The largest absolute Gasteiger partial charge is 1.00 e. The maximum Gasteiger partial charge on any atom is 1.00 e. The Hall–Kier alpha value is 0.710. The molecule has 0 aromatic carbocycles. The van der Waals surface area contributed by atoms with E-state index >= 15 is 0 Å². The summed E-state index contributed by atoms with van der Waals surface area (Å²) >= 11 is 0. The average Bonchev–Trinajstić information content (AvgIpc) is 2.75. The molecule has 0 spiro atoms. The normalized spacial score (nSPS) is 11.6. The monoisotopic (exact) mass is 506 g/mol. The van der Waals surface area contributed by atoms with Crippen LogP contribution in [0.15, 0.2) is 0 Å². The molecular weight excluding hydrogens is 459 g/mol. The summed E-state index contributed by atoms with van der Waals surface area (Å²) in [5.41, 5.74) is 0. The molecule has 0 rings (SSSR count). The summed E-state index contributed by atoms with van der Waals surface area (Å²) in [6.45, 7) is 5.56. The van der Waals surface area contributed by atoms with E-state index in [1.54, 1.807) is 0 Å². The number of hydrogen-bond acceptors (Lipinski definition) is 8. The van der Waals surface area contributed by atoms with Crippen molar-refractivity contribution in [2.24, 2.45) is 0 Å². The molecule has 194 valence electrons. The average molecular weight is 507 g/mol. The van der Waals surface area contributed by atoms with E-state index in [0.29, 0.717) is 39.6 Å². The van der Waals surface area contributed by atoms with E-state index in [4.69, 9.17) is 18.9 Å². The Morgan fingerprint density at radius 2 is 0.788 bits per heavy atom. The fourth-order valence-corrected chi connectivity index (χ4v) is 3.45. The van der Waals surface area contributed by atoms with E-state index in [1.165, 1.54) is 77.0 Å². The van der Waals surface area contributed by atoms with Crippen molar-refractivity contribution < 1.29 is 65.7 Å². The zero-order chi connectivity index (χ0) is 23.6. The minimum atomic E-state index is -4.64. The second kappa shape index (κ2) is 28.9. The van der Waals surface area contributed by atoms with Crippen LogP contribution in [0.25, 0.3) is 0 Å². The van der Waals surface area contributed by atoms with Gasteiger partial charge in [-0.3, -0.25) is 4.18 Å². The summed E-state index contributed by atoms with van der Waals surface area (Å²) < 4.78 is 55.9. The van der Waals surface area contributed by atoms with Crippen LogP contribution in [-0.2, 0) is 33.5 Å². The predicted molar refractivity (Wildman–Crippen MR) is 125 cm³/mol. The van der Waals surface area contributed by atoms with Crippen molar-refractivity contribution in [3.8, 4) is 0 Å². The predicted octanol–water partition coefficient (Wildman–Crippen LogP) is 1.62. The van der Waals surface area contributed by atoms with E-state index < -0.39 is 10.4 Å². The van der Waals surface area contributed by atoms with Gasteiger partial charge in [0.2, 0.25) is 10.4 Å². The van der Waals surface area contributed by atoms with Gasteiger partial charge in [0.05, 0.1) is 52.9 Å². The molecule has 10 heteroatoms. The van der Waals surface area contributed by atoms with Crippen molar-refractivity contribution >= 4 is 10.4 Å². The van der Waals surface area contributed by atoms with Crippen molar-refractivity contribution in [1.29, 1.82) is 0 Å². The zero-order valence-corrected chi connectivity index (χ0v) is 24.0. The molecule has 0 aromatic rings. The molecule has 0 saturated carbocycles. The van der Waals surface area contributed by atoms with Crippen LogP contribution in [0.1, 0.15) is 90.4 Å². The first-order valence-electron chi connectivity index (χ1n) is 12.5. The second-order valence-electron chi connectivity index (χ2n) is 7.92. The van der Waals surface area contributed by atoms with Crippen molar-refractivity contribution in [1.82, 2.24) is 0 Å². The molecule has 0 radical (unpaired) electrons. The first-order chi connectivity index (χ1) is 15.6. The Kier molecular flexibility index (Phi) is 31.5. The molecule has 0 unspecified atom stereocenters. The van der Waals surface area contributed by atoms with Crippen LogP contribution in [0.3, 0.4) is 0 Å². The Bertz CT molecular complexity index is 465. The van der Waals surface area contributed by atoms with Gasteiger partial charge in [0.25, 0.3) is 0 Å². The molecule has 0 atom stereocenters. The summed E-state index contributed by atoms with van der Waals surface area (Å²) in [4.78, 5) is 0. The fourth-order valence-electron chi connectivity index (χ4n) is 3.18. The van der Waals surface area contributed by atoms with Crippen molar-refractivity contribution in [2.45, 2.75) is 90.4 Å². The van der Waals surface area contributed by atoms with Gasteiger partial charge >= 0.3 is 29.6 Å². The van der Waals surface area contributed by atoms with Gasteiger partial charge in [-0.1, -0.05) is 84.0 Å². The van der Waals surface area contributed by atoms with Gasteiger partial charge in [-0.25, -0.2) is 8.42 Å². The minimum absolute atomic E-state index is 0. The molecule has 0 saturated heterocycles. The second-order valence-corrected chi connectivity index (χ2v) is 8.97. The summed E-state index contributed by atoms with van der Waals surface area (Å²) in [5.74, 6) is 0. The number of unbranched alkanes of at least 4 members (excludes halogenated alkanes) is 12. The molecule has 33 heavy (non-hydrogen) atoms. The number of hydrogen-bond donors (Lipinski definition) is 0. The molecule has 0 aliphatic carbocycles. The molecule has 8 nitrogen and oxygen atoms in total. The minimum Gasteiger partial charge on any atom is -0.726 e. The molecule has 0 fully saturated rings. The Labute approximate surface area is 225 Å². The quantitative estimate of drug-likeness (QED) is 0.0717. The van der Waals surface area contributed by atoms with Gasteiger partial charge < -0.3 is 23.5 Å². The van der Waals surface area contributed by atoms with Crippen LogP contribution < -0.4 is 29.6 Å². The van der Waals surface area contributed by atoms with E-state index in [9.17, 15) is 13.0 Å². The van der Waals surface area contributed by atoms with Crippen LogP contribution in [-0.4, -0.2) is 72.4 Å². The topological polar surface area (TPSA) is 103 Å². The SMILES string of the molecule is CCCCCCCCCCCCCCCOCCOCCOCCOCCOS(=O)(=O)[O-].[Na+]. The van der Waals surface area contributed by atoms with Gasteiger partial charge in [0.15, 0.2) is 0 Å². The van der Waals surface area contributed by atoms with Crippen molar-refractivity contribution in [3.63, 3.8) is 0 Å². The van der Waals surface area contributed by atoms with Crippen molar-refractivity contribution in [2.75, 3.05) is 59.5 Å². The van der Waals surface area contributed by atoms with E-state index in [0.717, 1.165) is 13.0 Å². The van der Waals surface area contributed by atoms with Crippen molar-refractivity contribution in [3.05, 3.63) is 0 Å². The smallest absolute Gasteiger partial charge is 0.726 e. The first-order valence-corrected chi connectivity index (χ1v) is 13.8. The third kappa shape index (κ3) is 34.9. The number of ether oxygens (including phenoxy) is 4. The molecule has 0 N–H and O–H groups in total. The van der Waals surface area contributed by atoms with Gasteiger partial charge in [-0.05, 0) is 6.42 Å². The molecule has 0 amide bonds. The molecule has 0 heterocycles. The van der Waals surface area contributed by atoms with Gasteiger partial charge in [-0.15, -0.1) is 0 Å². The summed E-state index contributed by atoms with van der Waals surface area (Å²) in [7, 11) is -4.64. The Morgan fingerprint density at radius 1 is 0.485 bits per heavy atom. The maximum atomic E-state index is 10.2. The van der Waals surface area contributed by atoms with E-state index in [1.807, 2.05) is 0 Å². The first kappa shape index (κ1) is 35.9. The Balaban J connectivity index is 0.